The number of rotatable bonds is 5. The lowest BCUT2D eigenvalue weighted by Crippen LogP contribution is -2.36. The Morgan fingerprint density at radius 1 is 1.18 bits per heavy atom. The molecule has 0 radical (unpaired) electrons. The number of aryl methyl sites for hydroxylation is 1. The van der Waals surface area contributed by atoms with Crippen LogP contribution in [0, 0.1) is 6.92 Å². The summed E-state index contributed by atoms with van der Waals surface area (Å²) in [6.45, 7) is 4.75. The Kier molecular flexibility index (Phi) is 5.84. The predicted octanol–water partition coefficient (Wildman–Crippen LogP) is 5.49. The summed E-state index contributed by atoms with van der Waals surface area (Å²) in [6.07, 6.45) is 1.99. The largest absolute Gasteiger partial charge is 0.326 e. The van der Waals surface area contributed by atoms with E-state index in [1.807, 2.05) is 49.4 Å². The summed E-state index contributed by atoms with van der Waals surface area (Å²) < 4.78 is 0. The van der Waals surface area contributed by atoms with Crippen molar-refractivity contribution in [3.63, 3.8) is 0 Å². The fourth-order valence-electron chi connectivity index (χ4n) is 2.18. The molecule has 4 heteroatoms. The molecule has 0 atom stereocenters. The predicted molar refractivity (Wildman–Crippen MR) is 93.9 cm³/mol. The van der Waals surface area contributed by atoms with E-state index in [4.69, 9.17) is 11.6 Å². The molecule has 22 heavy (non-hydrogen) atoms. The number of anilines is 2. The van der Waals surface area contributed by atoms with E-state index in [0.29, 0.717) is 11.6 Å². The summed E-state index contributed by atoms with van der Waals surface area (Å²) in [5.74, 6) is 0. The molecule has 3 nitrogen and oxygen atoms in total. The van der Waals surface area contributed by atoms with Crippen molar-refractivity contribution < 1.29 is 4.79 Å². The average molecular weight is 317 g/mol. The minimum absolute atomic E-state index is 0.134. The maximum Gasteiger partial charge on any atom is 0.326 e. The number of hydrogen-bond acceptors (Lipinski definition) is 1. The summed E-state index contributed by atoms with van der Waals surface area (Å²) in [4.78, 5) is 14.4. The molecule has 0 heterocycles. The highest BCUT2D eigenvalue weighted by Crippen LogP contribution is 2.22. The second-order valence-corrected chi connectivity index (χ2v) is 5.67. The maximum absolute atomic E-state index is 12.7. The van der Waals surface area contributed by atoms with E-state index in [1.165, 1.54) is 0 Å². The van der Waals surface area contributed by atoms with Gasteiger partial charge in [-0.25, -0.2) is 4.79 Å². The quantitative estimate of drug-likeness (QED) is 0.777. The molecule has 0 aliphatic heterocycles. The normalized spacial score (nSPS) is 10.3. The second-order valence-electron chi connectivity index (χ2n) is 5.23. The molecule has 116 valence electrons. The van der Waals surface area contributed by atoms with Crippen LogP contribution in [0.25, 0.3) is 0 Å². The van der Waals surface area contributed by atoms with E-state index >= 15 is 0 Å². The van der Waals surface area contributed by atoms with Crippen LogP contribution >= 0.6 is 11.6 Å². The molecule has 2 aromatic carbocycles. The molecule has 2 rings (SSSR count). The SMILES string of the molecule is CCCCN(C(=O)Nc1cc(Cl)ccc1C)c1ccccc1. The van der Waals surface area contributed by atoms with Crippen LogP contribution < -0.4 is 10.2 Å². The van der Waals surface area contributed by atoms with Crippen molar-refractivity contribution in [1.82, 2.24) is 0 Å². The van der Waals surface area contributed by atoms with Crippen LogP contribution in [0.5, 0.6) is 0 Å². The van der Waals surface area contributed by atoms with E-state index in [2.05, 4.69) is 12.2 Å². The van der Waals surface area contributed by atoms with Gasteiger partial charge in [0.25, 0.3) is 0 Å². The van der Waals surface area contributed by atoms with Crippen molar-refractivity contribution in [3.8, 4) is 0 Å². The Morgan fingerprint density at radius 2 is 1.91 bits per heavy atom. The van der Waals surface area contributed by atoms with Gasteiger partial charge >= 0.3 is 6.03 Å². The van der Waals surface area contributed by atoms with Gasteiger partial charge in [-0.1, -0.05) is 49.2 Å². The van der Waals surface area contributed by atoms with E-state index in [0.717, 1.165) is 29.8 Å². The summed E-state index contributed by atoms with van der Waals surface area (Å²) in [5.41, 5.74) is 2.63. The van der Waals surface area contributed by atoms with Gasteiger partial charge in [0.2, 0.25) is 0 Å². The number of para-hydroxylation sites is 1. The molecular weight excluding hydrogens is 296 g/mol. The first kappa shape index (κ1) is 16.4. The molecule has 0 fully saturated rings. The van der Waals surface area contributed by atoms with Gasteiger partial charge in [0.05, 0.1) is 0 Å². The lowest BCUT2D eigenvalue weighted by molar-refractivity contribution is 0.257. The lowest BCUT2D eigenvalue weighted by atomic mass is 10.2. The smallest absolute Gasteiger partial charge is 0.307 e. The van der Waals surface area contributed by atoms with Gasteiger partial charge in [-0.15, -0.1) is 0 Å². The molecule has 1 N–H and O–H groups in total. The van der Waals surface area contributed by atoms with Crippen LogP contribution in [0.2, 0.25) is 5.02 Å². The number of carbonyl (C=O) groups excluding carboxylic acids is 1. The summed E-state index contributed by atoms with van der Waals surface area (Å²) >= 11 is 6.02. The number of nitrogens with one attached hydrogen (secondary N) is 1. The first-order chi connectivity index (χ1) is 10.6. The average Bonchev–Trinajstić information content (AvgIpc) is 2.52. The van der Waals surface area contributed by atoms with Crippen molar-refractivity contribution in [3.05, 3.63) is 59.1 Å². The van der Waals surface area contributed by atoms with E-state index in [9.17, 15) is 4.79 Å². The van der Waals surface area contributed by atoms with Crippen molar-refractivity contribution in [2.75, 3.05) is 16.8 Å². The third-order valence-corrected chi connectivity index (χ3v) is 3.72. The van der Waals surface area contributed by atoms with Gasteiger partial charge in [0.1, 0.15) is 0 Å². The molecule has 0 spiro atoms. The molecule has 0 saturated heterocycles. The summed E-state index contributed by atoms with van der Waals surface area (Å²) in [6, 6.07) is 15.1. The van der Waals surface area contributed by atoms with Gasteiger partial charge in [0.15, 0.2) is 0 Å². The lowest BCUT2D eigenvalue weighted by Gasteiger charge is -2.23. The maximum atomic E-state index is 12.7. The van der Waals surface area contributed by atoms with Gasteiger partial charge < -0.3 is 5.32 Å². The summed E-state index contributed by atoms with van der Waals surface area (Å²) in [7, 11) is 0. The topological polar surface area (TPSA) is 32.3 Å². The Labute approximate surface area is 136 Å². The Morgan fingerprint density at radius 3 is 2.59 bits per heavy atom. The number of amides is 2. The first-order valence-electron chi connectivity index (χ1n) is 7.51. The number of nitrogens with zero attached hydrogens (tertiary/aromatic N) is 1. The summed E-state index contributed by atoms with van der Waals surface area (Å²) in [5, 5.41) is 3.57. The molecular formula is C18H21ClN2O. The van der Waals surface area contributed by atoms with Crippen molar-refractivity contribution in [1.29, 1.82) is 0 Å². The molecule has 0 unspecified atom stereocenters. The Balaban J connectivity index is 2.20. The van der Waals surface area contributed by atoms with Crippen LogP contribution in [0.15, 0.2) is 48.5 Å². The zero-order chi connectivity index (χ0) is 15.9. The van der Waals surface area contributed by atoms with Crippen LogP contribution in [-0.2, 0) is 0 Å². The monoisotopic (exact) mass is 316 g/mol. The highest BCUT2D eigenvalue weighted by atomic mass is 35.5. The van der Waals surface area contributed by atoms with Gasteiger partial charge in [-0.05, 0) is 43.2 Å². The third kappa shape index (κ3) is 4.25. The van der Waals surface area contributed by atoms with E-state index < -0.39 is 0 Å². The van der Waals surface area contributed by atoms with Gasteiger partial charge in [-0.2, -0.15) is 0 Å². The molecule has 2 amide bonds. The number of hydrogen-bond donors (Lipinski definition) is 1. The number of benzene rings is 2. The number of halogens is 1. The van der Waals surface area contributed by atoms with E-state index in [1.54, 1.807) is 11.0 Å². The molecule has 0 aliphatic carbocycles. The Bertz CT molecular complexity index is 628. The van der Waals surface area contributed by atoms with Crippen molar-refractivity contribution >= 4 is 29.0 Å². The van der Waals surface area contributed by atoms with E-state index in [-0.39, 0.29) is 6.03 Å². The standard InChI is InChI=1S/C18H21ClN2O/c1-3-4-12-21(16-8-6-5-7-9-16)18(22)20-17-13-15(19)11-10-14(17)2/h5-11,13H,3-4,12H2,1-2H3,(H,20,22). The third-order valence-electron chi connectivity index (χ3n) is 3.49. The zero-order valence-electron chi connectivity index (χ0n) is 13.0. The molecule has 0 saturated carbocycles. The van der Waals surface area contributed by atoms with Crippen molar-refractivity contribution in [2.45, 2.75) is 26.7 Å². The molecule has 0 aromatic heterocycles. The fraction of sp³-hybridized carbons (Fsp3) is 0.278. The molecule has 2 aromatic rings. The number of carbonyl (C=O) groups is 1. The minimum Gasteiger partial charge on any atom is -0.307 e. The minimum atomic E-state index is -0.134. The van der Waals surface area contributed by atoms with Crippen molar-refractivity contribution in [2.24, 2.45) is 0 Å². The highest BCUT2D eigenvalue weighted by molar-refractivity contribution is 6.31. The van der Waals surface area contributed by atoms with Gasteiger partial charge in [-0.3, -0.25) is 4.90 Å². The first-order valence-corrected chi connectivity index (χ1v) is 7.89. The van der Waals surface area contributed by atoms with Crippen LogP contribution in [0.3, 0.4) is 0 Å². The van der Waals surface area contributed by atoms with Crippen LogP contribution in [0.4, 0.5) is 16.2 Å². The number of unbranched alkanes of at least 4 members (excludes halogenated alkanes) is 1. The zero-order valence-corrected chi connectivity index (χ0v) is 13.7. The highest BCUT2D eigenvalue weighted by Gasteiger charge is 2.16. The van der Waals surface area contributed by atoms with Crippen LogP contribution in [0.1, 0.15) is 25.3 Å². The molecule has 0 bridgehead atoms. The van der Waals surface area contributed by atoms with Crippen LogP contribution in [-0.4, -0.2) is 12.6 Å². The fourth-order valence-corrected chi connectivity index (χ4v) is 2.36. The Hall–Kier alpha value is -2.00. The second kappa shape index (κ2) is 7.85. The van der Waals surface area contributed by atoms with Gasteiger partial charge in [0, 0.05) is 22.9 Å². The number of urea groups is 1. The molecule has 0 aliphatic rings.